The van der Waals surface area contributed by atoms with E-state index < -0.39 is 98.1 Å². The van der Waals surface area contributed by atoms with Crippen LogP contribution in [0.2, 0.25) is 5.02 Å². The zero-order valence-electron chi connectivity index (χ0n) is 20.1. The lowest BCUT2D eigenvalue weighted by molar-refractivity contribution is -0.261. The summed E-state index contributed by atoms with van der Waals surface area (Å²) < 4.78 is 0. The normalized spacial score (nSPS) is 12.7. The minimum absolute atomic E-state index is 0.212. The summed E-state index contributed by atoms with van der Waals surface area (Å²) in [5, 5.41) is 143. The van der Waals surface area contributed by atoms with Crippen LogP contribution in [0.4, 0.5) is 5.69 Å². The number of halogens is 1. The summed E-state index contributed by atoms with van der Waals surface area (Å²) in [6.07, 6.45) is -2.73. The first kappa shape index (κ1) is 30.9. The molecule has 1 unspecified atom stereocenters. The highest BCUT2D eigenvalue weighted by molar-refractivity contribution is 6.34. The van der Waals surface area contributed by atoms with E-state index in [9.17, 15) is 76.3 Å². The van der Waals surface area contributed by atoms with Crippen LogP contribution in [0.25, 0.3) is 11.1 Å². The van der Waals surface area contributed by atoms with Crippen LogP contribution in [-0.4, -0.2) is 95.8 Å². The van der Waals surface area contributed by atoms with E-state index in [1.165, 1.54) is 18.2 Å². The van der Waals surface area contributed by atoms with Crippen LogP contribution in [-0.2, 0) is 0 Å². The standard InChI is InChI=1S/C23H23ClN2O15/c24-11-13(28)9(15(30)19(34)17(11)32)20(35)23(40,41)25-5-22(38,39)26-7-3-1-2-6(4-7)8-12(27)10(21(36)37)16(31)18(33)14(8)29/h1-4,20,25-35,38-41H,5H2,(H,36,37). The van der Waals surface area contributed by atoms with Gasteiger partial charge in [0, 0.05) is 5.69 Å². The largest absolute Gasteiger partial charge is 0.506 e. The molecule has 0 fully saturated rings. The second-order valence-electron chi connectivity index (χ2n) is 8.58. The fourth-order valence-corrected chi connectivity index (χ4v) is 3.89. The number of aromatic carboxylic acids is 1. The molecule has 0 saturated heterocycles. The van der Waals surface area contributed by atoms with E-state index in [0.29, 0.717) is 0 Å². The Hall–Kier alpha value is -4.62. The van der Waals surface area contributed by atoms with Gasteiger partial charge >= 0.3 is 5.97 Å². The first-order chi connectivity index (χ1) is 18.8. The first-order valence-corrected chi connectivity index (χ1v) is 11.3. The van der Waals surface area contributed by atoms with Gasteiger partial charge in [-0.3, -0.25) is 5.32 Å². The molecule has 0 bridgehead atoms. The molecule has 0 radical (unpaired) electrons. The van der Waals surface area contributed by atoms with Gasteiger partial charge in [0.25, 0.3) is 11.8 Å². The first-order valence-electron chi connectivity index (χ1n) is 10.9. The molecule has 0 amide bonds. The van der Waals surface area contributed by atoms with Gasteiger partial charge in [-0.2, -0.15) is 0 Å². The highest BCUT2D eigenvalue weighted by Gasteiger charge is 2.42. The minimum Gasteiger partial charge on any atom is -0.506 e. The van der Waals surface area contributed by atoms with Crippen molar-refractivity contribution in [2.75, 3.05) is 11.9 Å². The number of hydrogen-bond acceptors (Lipinski definition) is 16. The smallest absolute Gasteiger partial charge is 0.343 e. The SMILES string of the molecule is O=C(O)c1c(O)c(O)c(O)c(-c2cccc(NC(O)(O)CNC(O)(O)C(O)c3c(O)c(O)c(O)c(Cl)c3O)c2)c1O. The van der Waals surface area contributed by atoms with Crippen molar-refractivity contribution in [3.63, 3.8) is 0 Å². The molecule has 18 heteroatoms. The van der Waals surface area contributed by atoms with Crippen LogP contribution in [0.3, 0.4) is 0 Å². The molecule has 1 atom stereocenters. The van der Waals surface area contributed by atoms with Crippen molar-refractivity contribution in [3.05, 3.63) is 40.4 Å². The lowest BCUT2D eigenvalue weighted by atomic mass is 9.98. The van der Waals surface area contributed by atoms with Crippen LogP contribution in [0.5, 0.6) is 46.0 Å². The third-order valence-electron chi connectivity index (χ3n) is 5.73. The predicted molar refractivity (Wildman–Crippen MR) is 135 cm³/mol. The number of phenolic OH excluding ortho intramolecular Hbond substituents is 6. The zero-order chi connectivity index (χ0) is 31.2. The number of aliphatic hydroxyl groups is 5. The fraction of sp³-hybridized carbons (Fsp3) is 0.174. The van der Waals surface area contributed by atoms with Crippen molar-refractivity contribution >= 4 is 23.3 Å². The van der Waals surface area contributed by atoms with Crippen molar-refractivity contribution in [2.45, 2.75) is 17.9 Å². The molecular weight excluding hydrogens is 580 g/mol. The Bertz CT molecular complexity index is 1500. The number of phenols is 8. The second kappa shape index (κ2) is 10.7. The minimum atomic E-state index is -3.57. The van der Waals surface area contributed by atoms with E-state index in [0.717, 1.165) is 6.07 Å². The molecule has 0 aliphatic carbocycles. The fourth-order valence-electron chi connectivity index (χ4n) is 3.70. The summed E-state index contributed by atoms with van der Waals surface area (Å²) >= 11 is 5.57. The third-order valence-corrected chi connectivity index (χ3v) is 6.09. The molecule has 3 rings (SSSR count). The number of benzene rings is 3. The summed E-state index contributed by atoms with van der Waals surface area (Å²) in [6, 6.07) is 4.60. The van der Waals surface area contributed by atoms with Crippen LogP contribution in [0.1, 0.15) is 22.0 Å². The summed E-state index contributed by atoms with van der Waals surface area (Å²) in [5.41, 5.74) is -3.41. The predicted octanol–water partition coefficient (Wildman–Crippen LogP) is -0.638. The molecule has 17 nitrogen and oxygen atoms in total. The summed E-state index contributed by atoms with van der Waals surface area (Å²) in [5.74, 6) is -18.5. The van der Waals surface area contributed by atoms with E-state index in [-0.39, 0.29) is 11.3 Å². The molecule has 0 aliphatic rings. The Labute approximate surface area is 232 Å². The average molecular weight is 603 g/mol. The number of carboxylic acid groups (broad SMARTS) is 1. The highest BCUT2D eigenvalue weighted by atomic mass is 35.5. The summed E-state index contributed by atoms with van der Waals surface area (Å²) in [4.78, 5) is 11.4. The lowest BCUT2D eigenvalue weighted by Crippen LogP contribution is -2.57. The van der Waals surface area contributed by atoms with Gasteiger partial charge in [-0.25, -0.2) is 4.79 Å². The van der Waals surface area contributed by atoms with Gasteiger partial charge in [0.05, 0.1) is 17.7 Å². The molecule has 0 aromatic heterocycles. The molecule has 3 aromatic carbocycles. The number of rotatable bonds is 9. The molecule has 0 aliphatic heterocycles. The Balaban J connectivity index is 1.87. The maximum Gasteiger partial charge on any atom is 0.343 e. The van der Waals surface area contributed by atoms with Crippen LogP contribution in [0, 0.1) is 0 Å². The topological polar surface area (TPSA) is 324 Å². The van der Waals surface area contributed by atoms with Crippen molar-refractivity contribution in [1.82, 2.24) is 5.32 Å². The van der Waals surface area contributed by atoms with E-state index in [1.54, 1.807) is 5.32 Å². The van der Waals surface area contributed by atoms with Crippen molar-refractivity contribution < 1.29 is 76.3 Å². The molecule has 3 aromatic rings. The molecule has 222 valence electrons. The molecule has 0 saturated carbocycles. The molecular formula is C23H23ClN2O15. The van der Waals surface area contributed by atoms with Gasteiger partial charge in [-0.15, -0.1) is 0 Å². The number of anilines is 1. The van der Waals surface area contributed by atoms with Gasteiger partial charge in [-0.1, -0.05) is 23.7 Å². The number of hydrogen-bond donors (Lipinski definition) is 16. The Morgan fingerprint density at radius 2 is 1.39 bits per heavy atom. The van der Waals surface area contributed by atoms with Gasteiger partial charge in [-0.05, 0) is 17.7 Å². The van der Waals surface area contributed by atoms with E-state index in [4.69, 9.17) is 11.6 Å². The van der Waals surface area contributed by atoms with Crippen LogP contribution < -0.4 is 10.6 Å². The van der Waals surface area contributed by atoms with E-state index in [1.807, 2.05) is 0 Å². The Morgan fingerprint density at radius 1 is 0.805 bits per heavy atom. The number of carbonyl (C=O) groups is 1. The van der Waals surface area contributed by atoms with Gasteiger partial charge in [0.2, 0.25) is 11.5 Å². The molecule has 0 spiro atoms. The average Bonchev–Trinajstić information content (AvgIpc) is 2.88. The van der Waals surface area contributed by atoms with Crippen LogP contribution >= 0.6 is 11.6 Å². The Morgan fingerprint density at radius 3 is 1.98 bits per heavy atom. The number of aliphatic hydroxyl groups excluding tert-OH is 1. The molecule has 41 heavy (non-hydrogen) atoms. The summed E-state index contributed by atoms with van der Waals surface area (Å²) in [6.45, 7) is -1.25. The highest BCUT2D eigenvalue weighted by Crippen LogP contribution is 2.53. The number of aromatic hydroxyl groups is 8. The van der Waals surface area contributed by atoms with Crippen molar-refractivity contribution in [1.29, 1.82) is 0 Å². The Kier molecular flexibility index (Phi) is 8.10. The van der Waals surface area contributed by atoms with Crippen LogP contribution in [0.15, 0.2) is 24.3 Å². The van der Waals surface area contributed by atoms with Gasteiger partial charge in [0.1, 0.15) is 22.1 Å². The third kappa shape index (κ3) is 5.67. The maximum absolute atomic E-state index is 11.4. The van der Waals surface area contributed by atoms with Gasteiger partial charge < -0.3 is 76.8 Å². The second-order valence-corrected chi connectivity index (χ2v) is 8.95. The monoisotopic (exact) mass is 602 g/mol. The molecule has 16 N–H and O–H groups in total. The van der Waals surface area contributed by atoms with E-state index in [2.05, 4.69) is 5.32 Å². The molecule has 0 heterocycles. The lowest BCUT2D eigenvalue weighted by Gasteiger charge is -2.33. The maximum atomic E-state index is 11.4. The zero-order valence-corrected chi connectivity index (χ0v) is 20.9. The quantitative estimate of drug-likeness (QED) is 0.0822. The number of nitrogens with one attached hydrogen (secondary N) is 2. The van der Waals surface area contributed by atoms with E-state index >= 15 is 0 Å². The van der Waals surface area contributed by atoms with Crippen molar-refractivity contribution in [2.24, 2.45) is 0 Å². The van der Waals surface area contributed by atoms with Gasteiger partial charge in [0.15, 0.2) is 29.1 Å². The summed E-state index contributed by atoms with van der Waals surface area (Å²) in [7, 11) is 0. The van der Waals surface area contributed by atoms with Crippen molar-refractivity contribution in [3.8, 4) is 57.1 Å². The number of carboxylic acids is 1.